The molecule has 0 radical (unpaired) electrons. The number of rotatable bonds is 10. The molecule has 1 aliphatic heterocycles. The summed E-state index contributed by atoms with van der Waals surface area (Å²) in [7, 11) is 0. The van der Waals surface area contributed by atoms with Crippen LogP contribution in [-0.2, 0) is 11.2 Å². The summed E-state index contributed by atoms with van der Waals surface area (Å²) in [5, 5.41) is 12.5. The molecule has 8 heteroatoms. The summed E-state index contributed by atoms with van der Waals surface area (Å²) in [6, 6.07) is 22.0. The average molecular weight is 553 g/mol. The first kappa shape index (κ1) is 26.7. The molecule has 1 atom stereocenters. The standard InChI is InChI=1S/C33H32N2O6/c1-21-18-34-30(40-20-22-14-16-38-19-22)17-28(21)26-11-5-10-25-27(32(35-31(25)26)41-33(36)37)12-6-15-39-29-13-4-8-23-7-2-3-9-24(23)29/h2-5,7-11,13,17-18,22,35H,6,12,14-16,19-20H2,1H3,(H,36,37). The van der Waals surface area contributed by atoms with Crippen LogP contribution < -0.4 is 14.2 Å². The molecule has 1 unspecified atom stereocenters. The predicted molar refractivity (Wildman–Crippen MR) is 157 cm³/mol. The minimum absolute atomic E-state index is 0.231. The van der Waals surface area contributed by atoms with Crippen molar-refractivity contribution < 1.29 is 28.8 Å². The molecule has 0 spiro atoms. The van der Waals surface area contributed by atoms with Gasteiger partial charge in [0.05, 0.1) is 25.3 Å². The van der Waals surface area contributed by atoms with Crippen molar-refractivity contribution in [3.63, 3.8) is 0 Å². The third kappa shape index (κ3) is 5.83. The number of ether oxygens (including phenoxy) is 4. The molecule has 41 heavy (non-hydrogen) atoms. The quantitative estimate of drug-likeness (QED) is 0.140. The molecule has 0 bridgehead atoms. The molecular weight excluding hydrogens is 520 g/mol. The minimum atomic E-state index is -1.36. The summed E-state index contributed by atoms with van der Waals surface area (Å²) in [6.45, 7) is 4.52. The highest BCUT2D eigenvalue weighted by Crippen LogP contribution is 2.38. The van der Waals surface area contributed by atoms with Crippen molar-refractivity contribution >= 4 is 27.8 Å². The van der Waals surface area contributed by atoms with Gasteiger partial charge in [0.25, 0.3) is 0 Å². The van der Waals surface area contributed by atoms with Crippen LogP contribution in [0.5, 0.6) is 17.5 Å². The summed E-state index contributed by atoms with van der Waals surface area (Å²) in [4.78, 5) is 19.3. The third-order valence-corrected chi connectivity index (χ3v) is 7.53. The maximum absolute atomic E-state index is 11.6. The fourth-order valence-corrected chi connectivity index (χ4v) is 5.44. The van der Waals surface area contributed by atoms with Crippen LogP contribution in [0.15, 0.2) is 72.9 Å². The highest BCUT2D eigenvalue weighted by Gasteiger charge is 2.20. The molecular formula is C33H32N2O6. The van der Waals surface area contributed by atoms with Crippen LogP contribution >= 0.6 is 0 Å². The zero-order chi connectivity index (χ0) is 28.2. The summed E-state index contributed by atoms with van der Waals surface area (Å²) in [6.07, 6.45) is 2.68. The normalized spacial score (nSPS) is 14.9. The summed E-state index contributed by atoms with van der Waals surface area (Å²) < 4.78 is 22.8. The van der Waals surface area contributed by atoms with Crippen molar-refractivity contribution in [2.24, 2.45) is 5.92 Å². The number of aryl methyl sites for hydroxylation is 2. The van der Waals surface area contributed by atoms with Crippen molar-refractivity contribution in [2.75, 3.05) is 26.4 Å². The number of para-hydroxylation sites is 1. The van der Waals surface area contributed by atoms with E-state index < -0.39 is 6.16 Å². The van der Waals surface area contributed by atoms with Gasteiger partial charge in [-0.05, 0) is 48.8 Å². The lowest BCUT2D eigenvalue weighted by Crippen LogP contribution is -2.12. The summed E-state index contributed by atoms with van der Waals surface area (Å²) in [5.74, 6) is 1.98. The van der Waals surface area contributed by atoms with E-state index in [4.69, 9.17) is 18.9 Å². The van der Waals surface area contributed by atoms with Crippen molar-refractivity contribution in [2.45, 2.75) is 26.2 Å². The molecule has 6 rings (SSSR count). The average Bonchev–Trinajstić information content (AvgIpc) is 3.62. The molecule has 2 aromatic heterocycles. The maximum Gasteiger partial charge on any atom is 0.512 e. The highest BCUT2D eigenvalue weighted by atomic mass is 16.7. The van der Waals surface area contributed by atoms with Crippen LogP contribution in [0.25, 0.3) is 32.8 Å². The Morgan fingerprint density at radius 2 is 1.88 bits per heavy atom. The Labute approximate surface area is 237 Å². The number of pyridine rings is 1. The Kier molecular flexibility index (Phi) is 7.73. The van der Waals surface area contributed by atoms with Crippen molar-refractivity contribution in [3.05, 3.63) is 84.1 Å². The van der Waals surface area contributed by atoms with Crippen molar-refractivity contribution in [3.8, 4) is 28.6 Å². The Bertz CT molecular complexity index is 1680. The van der Waals surface area contributed by atoms with E-state index in [0.29, 0.717) is 44.5 Å². The first-order valence-corrected chi connectivity index (χ1v) is 13.9. The molecule has 2 N–H and O–H groups in total. The fourth-order valence-electron chi connectivity index (χ4n) is 5.44. The molecule has 0 amide bonds. The summed E-state index contributed by atoms with van der Waals surface area (Å²) >= 11 is 0. The van der Waals surface area contributed by atoms with Gasteiger partial charge in [0.2, 0.25) is 11.8 Å². The number of aromatic amines is 1. The molecule has 3 aromatic carbocycles. The van der Waals surface area contributed by atoms with Crippen LogP contribution in [0.1, 0.15) is 24.0 Å². The molecule has 210 valence electrons. The van der Waals surface area contributed by atoms with Crippen LogP contribution in [0, 0.1) is 12.8 Å². The Morgan fingerprint density at radius 1 is 1.05 bits per heavy atom. The molecule has 1 saturated heterocycles. The van der Waals surface area contributed by atoms with Crippen LogP contribution in [-0.4, -0.2) is 47.7 Å². The van der Waals surface area contributed by atoms with Gasteiger partial charge in [-0.25, -0.2) is 9.78 Å². The van der Waals surface area contributed by atoms with Gasteiger partial charge >= 0.3 is 6.16 Å². The predicted octanol–water partition coefficient (Wildman–Crippen LogP) is 7.18. The zero-order valence-electron chi connectivity index (χ0n) is 22.9. The number of nitrogens with zero attached hydrogens (tertiary/aromatic N) is 1. The van der Waals surface area contributed by atoms with E-state index in [9.17, 15) is 9.90 Å². The zero-order valence-corrected chi connectivity index (χ0v) is 22.9. The van der Waals surface area contributed by atoms with Crippen LogP contribution in [0.4, 0.5) is 4.79 Å². The van der Waals surface area contributed by atoms with Gasteiger partial charge in [0.15, 0.2) is 0 Å². The van der Waals surface area contributed by atoms with E-state index in [2.05, 4.69) is 22.1 Å². The Morgan fingerprint density at radius 3 is 2.73 bits per heavy atom. The molecule has 3 heterocycles. The van der Waals surface area contributed by atoms with E-state index in [1.165, 1.54) is 0 Å². The second-order valence-electron chi connectivity index (χ2n) is 10.3. The van der Waals surface area contributed by atoms with Crippen LogP contribution in [0.2, 0.25) is 0 Å². The number of carboxylic acid groups (broad SMARTS) is 1. The third-order valence-electron chi connectivity index (χ3n) is 7.53. The first-order chi connectivity index (χ1) is 20.1. The SMILES string of the molecule is Cc1cnc(OCC2CCOC2)cc1-c1cccc2c(CCCOc3cccc4ccccc34)c(OC(=O)O)[nH]c12. The number of benzene rings is 3. The monoisotopic (exact) mass is 552 g/mol. The Balaban J connectivity index is 1.25. The van der Waals surface area contributed by atoms with Gasteiger partial charge in [-0.15, -0.1) is 0 Å². The Hall–Kier alpha value is -4.56. The van der Waals surface area contributed by atoms with Gasteiger partial charge in [-0.2, -0.15) is 0 Å². The number of fused-ring (bicyclic) bond motifs is 2. The molecule has 1 aliphatic rings. The molecule has 5 aromatic rings. The van der Waals surface area contributed by atoms with E-state index in [0.717, 1.165) is 62.7 Å². The number of hydrogen-bond donors (Lipinski definition) is 2. The van der Waals surface area contributed by atoms with Gasteiger partial charge in [0.1, 0.15) is 5.75 Å². The van der Waals surface area contributed by atoms with E-state index in [-0.39, 0.29) is 5.88 Å². The van der Waals surface area contributed by atoms with Crippen molar-refractivity contribution in [1.82, 2.24) is 9.97 Å². The fraction of sp³-hybridized carbons (Fsp3) is 0.273. The number of nitrogens with one attached hydrogen (secondary N) is 1. The van der Waals surface area contributed by atoms with Crippen LogP contribution in [0.3, 0.4) is 0 Å². The lowest BCUT2D eigenvalue weighted by molar-refractivity contribution is 0.142. The van der Waals surface area contributed by atoms with Crippen molar-refractivity contribution in [1.29, 1.82) is 0 Å². The smallest absolute Gasteiger partial charge is 0.493 e. The maximum atomic E-state index is 11.6. The number of hydrogen-bond acceptors (Lipinski definition) is 6. The molecule has 0 saturated carbocycles. The van der Waals surface area contributed by atoms with Gasteiger partial charge in [0, 0.05) is 46.7 Å². The van der Waals surface area contributed by atoms with Gasteiger partial charge < -0.3 is 29.0 Å². The molecule has 0 aliphatic carbocycles. The number of aromatic nitrogens is 2. The number of carbonyl (C=O) groups is 1. The van der Waals surface area contributed by atoms with E-state index >= 15 is 0 Å². The molecule has 8 nitrogen and oxygen atoms in total. The second-order valence-corrected chi connectivity index (χ2v) is 10.3. The van der Waals surface area contributed by atoms with Gasteiger partial charge in [-0.3, -0.25) is 0 Å². The van der Waals surface area contributed by atoms with Gasteiger partial charge in [-0.1, -0.05) is 54.6 Å². The number of H-pyrrole nitrogens is 1. The second kappa shape index (κ2) is 11.9. The first-order valence-electron chi connectivity index (χ1n) is 13.9. The lowest BCUT2D eigenvalue weighted by Gasteiger charge is -2.13. The molecule has 1 fully saturated rings. The lowest BCUT2D eigenvalue weighted by atomic mass is 9.98. The van der Waals surface area contributed by atoms with E-state index in [1.807, 2.05) is 61.5 Å². The summed E-state index contributed by atoms with van der Waals surface area (Å²) in [5.41, 5.74) is 4.46. The topological polar surface area (TPSA) is 103 Å². The largest absolute Gasteiger partial charge is 0.512 e. The highest BCUT2D eigenvalue weighted by molar-refractivity contribution is 5.98. The minimum Gasteiger partial charge on any atom is -0.493 e. The van der Waals surface area contributed by atoms with E-state index in [1.54, 1.807) is 6.20 Å².